The third kappa shape index (κ3) is 5.50. The summed E-state index contributed by atoms with van der Waals surface area (Å²) in [5.41, 5.74) is 2.85. The van der Waals surface area contributed by atoms with Crippen LogP contribution in [-0.4, -0.2) is 5.11 Å². The van der Waals surface area contributed by atoms with E-state index >= 15 is 0 Å². The van der Waals surface area contributed by atoms with Crippen molar-refractivity contribution in [1.29, 1.82) is 0 Å². The molecule has 1 heteroatoms. The Balaban J connectivity index is 1.84. The highest BCUT2D eigenvalue weighted by Crippen LogP contribution is 2.42. The van der Waals surface area contributed by atoms with Gasteiger partial charge in [-0.25, -0.2) is 0 Å². The largest absolute Gasteiger partial charge is 0.508 e. The summed E-state index contributed by atoms with van der Waals surface area (Å²) in [4.78, 5) is 0. The Morgan fingerprint density at radius 1 is 0.560 bits per heavy atom. The van der Waals surface area contributed by atoms with Crippen molar-refractivity contribution in [2.75, 3.05) is 0 Å². The Labute approximate surface area is 155 Å². The Bertz CT molecular complexity index is 487. The summed E-state index contributed by atoms with van der Waals surface area (Å²) in [5.74, 6) is 1.84. The molecule has 1 N–H and O–H groups in total. The van der Waals surface area contributed by atoms with E-state index in [9.17, 15) is 5.11 Å². The molecule has 0 amide bonds. The first-order valence-corrected chi connectivity index (χ1v) is 11.2. The van der Waals surface area contributed by atoms with E-state index in [1.54, 1.807) is 0 Å². The van der Waals surface area contributed by atoms with Crippen molar-refractivity contribution >= 4 is 0 Å². The molecule has 3 rings (SSSR count). The molecule has 0 atom stereocenters. The Morgan fingerprint density at radius 3 is 1.52 bits per heavy atom. The van der Waals surface area contributed by atoms with Gasteiger partial charge in [0.25, 0.3) is 0 Å². The van der Waals surface area contributed by atoms with Crippen LogP contribution in [0.25, 0.3) is 0 Å². The third-order valence-electron chi connectivity index (χ3n) is 6.68. The lowest BCUT2D eigenvalue weighted by atomic mass is 9.79. The van der Waals surface area contributed by atoms with Gasteiger partial charge in [0.15, 0.2) is 0 Å². The molecule has 0 radical (unpaired) electrons. The topological polar surface area (TPSA) is 20.2 Å². The van der Waals surface area contributed by atoms with Gasteiger partial charge in [0, 0.05) is 5.56 Å². The zero-order chi connectivity index (χ0) is 17.3. The minimum atomic E-state index is 0.585. The fraction of sp³-hybridized carbons (Fsp3) is 0.750. The van der Waals surface area contributed by atoms with Crippen LogP contribution in [0.1, 0.15) is 126 Å². The summed E-state index contributed by atoms with van der Waals surface area (Å²) >= 11 is 0. The van der Waals surface area contributed by atoms with Crippen molar-refractivity contribution in [2.24, 2.45) is 0 Å². The van der Waals surface area contributed by atoms with Crippen molar-refractivity contribution in [1.82, 2.24) is 0 Å². The van der Waals surface area contributed by atoms with Crippen LogP contribution in [0.15, 0.2) is 18.2 Å². The van der Waals surface area contributed by atoms with Crippen LogP contribution in [0.5, 0.6) is 5.75 Å². The molecule has 2 fully saturated rings. The van der Waals surface area contributed by atoms with E-state index in [0.717, 1.165) is 0 Å². The molecule has 0 spiro atoms. The van der Waals surface area contributed by atoms with Gasteiger partial charge in [0.1, 0.15) is 5.75 Å². The lowest BCUT2D eigenvalue weighted by Gasteiger charge is -2.26. The zero-order valence-corrected chi connectivity index (χ0v) is 16.1. The van der Waals surface area contributed by atoms with Gasteiger partial charge in [0.2, 0.25) is 0 Å². The molecule has 0 bridgehead atoms. The van der Waals surface area contributed by atoms with Gasteiger partial charge >= 0.3 is 0 Å². The third-order valence-corrected chi connectivity index (χ3v) is 6.68. The van der Waals surface area contributed by atoms with E-state index in [0.29, 0.717) is 17.6 Å². The molecule has 0 saturated heterocycles. The van der Waals surface area contributed by atoms with Crippen LogP contribution >= 0.6 is 0 Å². The first-order chi connectivity index (χ1) is 12.4. The monoisotopic (exact) mass is 342 g/mol. The van der Waals surface area contributed by atoms with Crippen molar-refractivity contribution in [3.8, 4) is 5.75 Å². The molecular weight excluding hydrogens is 304 g/mol. The first kappa shape index (κ1) is 18.8. The number of aromatic hydroxyl groups is 1. The van der Waals surface area contributed by atoms with E-state index in [1.165, 1.54) is 114 Å². The first-order valence-electron chi connectivity index (χ1n) is 11.2. The van der Waals surface area contributed by atoms with E-state index < -0.39 is 0 Å². The average molecular weight is 343 g/mol. The molecular formula is C24H38O. The minimum absolute atomic E-state index is 0.585. The summed E-state index contributed by atoms with van der Waals surface area (Å²) in [6.45, 7) is 0. The molecule has 2 aliphatic rings. The molecule has 2 aliphatic carbocycles. The second-order valence-corrected chi connectivity index (χ2v) is 8.57. The minimum Gasteiger partial charge on any atom is -0.508 e. The van der Waals surface area contributed by atoms with Crippen LogP contribution in [0, 0.1) is 0 Å². The van der Waals surface area contributed by atoms with Crippen LogP contribution in [0.2, 0.25) is 0 Å². The number of hydrogen-bond donors (Lipinski definition) is 1. The van der Waals surface area contributed by atoms with Crippen LogP contribution in [0.4, 0.5) is 0 Å². The Kier molecular flexibility index (Phi) is 7.70. The van der Waals surface area contributed by atoms with Crippen molar-refractivity contribution in [3.63, 3.8) is 0 Å². The molecule has 1 aromatic carbocycles. The molecule has 2 saturated carbocycles. The molecule has 0 aromatic heterocycles. The van der Waals surface area contributed by atoms with E-state index in [-0.39, 0.29) is 0 Å². The van der Waals surface area contributed by atoms with Crippen molar-refractivity contribution in [2.45, 2.75) is 115 Å². The zero-order valence-electron chi connectivity index (χ0n) is 16.1. The normalized spacial score (nSPS) is 22.9. The number of hydrogen-bond acceptors (Lipinski definition) is 1. The summed E-state index contributed by atoms with van der Waals surface area (Å²) < 4.78 is 0. The lowest BCUT2D eigenvalue weighted by molar-refractivity contribution is 0.438. The van der Waals surface area contributed by atoms with Gasteiger partial charge in [-0.1, -0.05) is 89.2 Å². The predicted molar refractivity (Wildman–Crippen MR) is 107 cm³/mol. The standard InChI is InChI=1S/C24H38O/c25-23-19-13-18-22(20-14-9-5-1-2-6-10-15-20)24(23)21-16-11-7-3-4-8-12-17-21/h13,18-21,25H,1-12,14-17H2. The maximum absolute atomic E-state index is 10.8. The number of benzene rings is 1. The highest BCUT2D eigenvalue weighted by Gasteiger charge is 2.24. The maximum atomic E-state index is 10.8. The van der Waals surface area contributed by atoms with E-state index in [2.05, 4.69) is 12.1 Å². The van der Waals surface area contributed by atoms with Gasteiger partial charge in [0.05, 0.1) is 0 Å². The lowest BCUT2D eigenvalue weighted by Crippen LogP contribution is -2.08. The molecule has 25 heavy (non-hydrogen) atoms. The smallest absolute Gasteiger partial charge is 0.119 e. The van der Waals surface area contributed by atoms with E-state index in [1.807, 2.05) is 6.07 Å². The predicted octanol–water partition coefficient (Wildman–Crippen LogP) is 7.83. The maximum Gasteiger partial charge on any atom is 0.119 e. The molecule has 0 unspecified atom stereocenters. The highest BCUT2D eigenvalue weighted by molar-refractivity contribution is 5.44. The number of phenols is 1. The fourth-order valence-corrected chi connectivity index (χ4v) is 5.24. The van der Waals surface area contributed by atoms with Gasteiger partial charge in [-0.15, -0.1) is 0 Å². The summed E-state index contributed by atoms with van der Waals surface area (Å²) in [5, 5.41) is 10.8. The summed E-state index contributed by atoms with van der Waals surface area (Å²) in [6, 6.07) is 6.39. The second kappa shape index (κ2) is 10.2. The van der Waals surface area contributed by atoms with Crippen molar-refractivity contribution in [3.05, 3.63) is 29.3 Å². The Hall–Kier alpha value is -0.980. The molecule has 1 nitrogen and oxygen atoms in total. The molecule has 0 heterocycles. The molecule has 0 aliphatic heterocycles. The second-order valence-electron chi connectivity index (χ2n) is 8.57. The summed E-state index contributed by atoms with van der Waals surface area (Å²) in [7, 11) is 0. The fourth-order valence-electron chi connectivity index (χ4n) is 5.24. The van der Waals surface area contributed by atoms with Crippen LogP contribution in [-0.2, 0) is 0 Å². The molecule has 1 aromatic rings. The van der Waals surface area contributed by atoms with Crippen molar-refractivity contribution < 1.29 is 5.11 Å². The highest BCUT2D eigenvalue weighted by atomic mass is 16.3. The van der Waals surface area contributed by atoms with Gasteiger partial charge in [-0.2, -0.15) is 0 Å². The number of phenolic OH excluding ortho intramolecular Hbond substituents is 1. The van der Waals surface area contributed by atoms with Gasteiger partial charge < -0.3 is 5.11 Å². The quantitative estimate of drug-likeness (QED) is 0.580. The average Bonchev–Trinajstić information content (AvgIpc) is 2.84. The molecule has 140 valence electrons. The van der Waals surface area contributed by atoms with Gasteiger partial charge in [-0.05, 0) is 49.1 Å². The van der Waals surface area contributed by atoms with Crippen LogP contribution in [0.3, 0.4) is 0 Å². The summed E-state index contributed by atoms with van der Waals surface area (Å²) in [6.07, 6.45) is 21.8. The van der Waals surface area contributed by atoms with E-state index in [4.69, 9.17) is 0 Å². The number of rotatable bonds is 2. The Morgan fingerprint density at radius 2 is 1.00 bits per heavy atom. The van der Waals surface area contributed by atoms with Crippen LogP contribution < -0.4 is 0 Å². The van der Waals surface area contributed by atoms with Gasteiger partial charge in [-0.3, -0.25) is 0 Å². The SMILES string of the molecule is Oc1cccc(C2CCCCCCCC2)c1C1CCCCCCCC1.